The van der Waals surface area contributed by atoms with Crippen molar-refractivity contribution in [3.63, 3.8) is 0 Å². The lowest BCUT2D eigenvalue weighted by Crippen LogP contribution is -2.10. The smallest absolute Gasteiger partial charge is 0.248 e. The van der Waals surface area contributed by atoms with Crippen LogP contribution in [0.4, 0.5) is 11.4 Å². The number of methoxy groups -OCH3 is 4. The number of hydrogen-bond acceptors (Lipinski definition) is 7. The number of anilines is 2. The third kappa shape index (κ3) is 6.05. The van der Waals surface area contributed by atoms with Crippen LogP contribution in [-0.2, 0) is 4.79 Å². The molecule has 0 heterocycles. The Morgan fingerprint density at radius 1 is 0.829 bits per heavy atom. The third-order valence-electron chi connectivity index (χ3n) is 5.10. The van der Waals surface area contributed by atoms with E-state index in [-0.39, 0.29) is 11.5 Å². The van der Waals surface area contributed by atoms with E-state index in [0.717, 1.165) is 11.1 Å². The van der Waals surface area contributed by atoms with Crippen molar-refractivity contribution in [3.8, 4) is 28.7 Å². The van der Waals surface area contributed by atoms with Crippen molar-refractivity contribution in [1.82, 2.24) is 0 Å². The molecule has 0 saturated heterocycles. The van der Waals surface area contributed by atoms with E-state index < -0.39 is 5.91 Å². The van der Waals surface area contributed by atoms with Gasteiger partial charge < -0.3 is 35.1 Å². The van der Waals surface area contributed by atoms with Crippen LogP contribution in [0, 0.1) is 0 Å². The number of amides is 1. The summed E-state index contributed by atoms with van der Waals surface area (Å²) in [5.74, 6) is 1.14. The average molecular weight is 477 g/mol. The SMILES string of the molecule is COc1cc(C=Cc2ccc(O)c(OC)c2NC(=O)/C=C/c2cccc(N)c2)cc(OC)c1OC. The molecule has 1 amide bonds. The Kier molecular flexibility index (Phi) is 8.24. The first-order chi connectivity index (χ1) is 16.9. The van der Waals surface area contributed by atoms with Gasteiger partial charge in [-0.1, -0.05) is 24.3 Å². The molecule has 8 nitrogen and oxygen atoms in total. The van der Waals surface area contributed by atoms with Gasteiger partial charge in [0.05, 0.1) is 34.1 Å². The van der Waals surface area contributed by atoms with E-state index in [1.54, 1.807) is 62.8 Å². The molecule has 8 heteroatoms. The standard InChI is InChI=1S/C27H28N2O6/c1-32-22-15-18(16-23(33-2)27(22)35-4)8-10-19-11-12-21(30)26(34-3)25(19)29-24(31)13-9-17-6-5-7-20(28)14-17/h5-16,30H,28H2,1-4H3,(H,29,31)/b10-8?,13-9+. The van der Waals surface area contributed by atoms with Gasteiger partial charge in [0.15, 0.2) is 23.0 Å². The number of nitrogens with one attached hydrogen (secondary N) is 1. The predicted molar refractivity (Wildman–Crippen MR) is 138 cm³/mol. The van der Waals surface area contributed by atoms with Crippen molar-refractivity contribution >= 4 is 35.5 Å². The summed E-state index contributed by atoms with van der Waals surface area (Å²) in [6.45, 7) is 0. The van der Waals surface area contributed by atoms with Gasteiger partial charge in [-0.05, 0) is 53.6 Å². The molecule has 0 radical (unpaired) electrons. The molecule has 4 N–H and O–H groups in total. The highest BCUT2D eigenvalue weighted by molar-refractivity contribution is 6.04. The molecule has 0 aliphatic heterocycles. The Hall–Kier alpha value is -4.59. The zero-order valence-corrected chi connectivity index (χ0v) is 20.0. The quantitative estimate of drug-likeness (QED) is 0.230. The molecular formula is C27H28N2O6. The van der Waals surface area contributed by atoms with Gasteiger partial charge in [0, 0.05) is 17.3 Å². The highest BCUT2D eigenvalue weighted by Gasteiger charge is 2.15. The largest absolute Gasteiger partial charge is 0.504 e. The number of nitrogens with two attached hydrogens (primary N) is 1. The van der Waals surface area contributed by atoms with E-state index in [1.807, 2.05) is 12.1 Å². The molecule has 182 valence electrons. The summed E-state index contributed by atoms with van der Waals surface area (Å²) in [6, 6.07) is 13.9. The predicted octanol–water partition coefficient (Wildman–Crippen LogP) is 4.83. The van der Waals surface area contributed by atoms with Gasteiger partial charge in [0.1, 0.15) is 0 Å². The van der Waals surface area contributed by atoms with Crippen LogP contribution in [0.25, 0.3) is 18.2 Å². The fourth-order valence-corrected chi connectivity index (χ4v) is 3.44. The van der Waals surface area contributed by atoms with E-state index in [4.69, 9.17) is 24.7 Å². The molecule has 0 aromatic heterocycles. The average Bonchev–Trinajstić information content (AvgIpc) is 2.86. The normalized spacial score (nSPS) is 11.0. The van der Waals surface area contributed by atoms with Crippen molar-refractivity contribution in [2.75, 3.05) is 39.5 Å². The maximum Gasteiger partial charge on any atom is 0.248 e. The molecular weight excluding hydrogens is 448 g/mol. The van der Waals surface area contributed by atoms with Gasteiger partial charge in [0.25, 0.3) is 0 Å². The van der Waals surface area contributed by atoms with Crippen molar-refractivity contribution in [2.24, 2.45) is 0 Å². The second-order valence-corrected chi connectivity index (χ2v) is 7.37. The molecule has 0 aliphatic carbocycles. The third-order valence-corrected chi connectivity index (χ3v) is 5.10. The molecule has 3 rings (SSSR count). The zero-order valence-electron chi connectivity index (χ0n) is 20.0. The summed E-state index contributed by atoms with van der Waals surface area (Å²) < 4.78 is 21.5. The summed E-state index contributed by atoms with van der Waals surface area (Å²) in [6.07, 6.45) is 6.62. The Labute approximate surface area is 204 Å². The first kappa shape index (κ1) is 25.0. The maximum atomic E-state index is 12.7. The maximum absolute atomic E-state index is 12.7. The number of phenolic OH excluding ortho intramolecular Hbond substituents is 1. The summed E-state index contributed by atoms with van der Waals surface area (Å²) in [5.41, 5.74) is 8.87. The topological polar surface area (TPSA) is 112 Å². The Morgan fingerprint density at radius 3 is 2.11 bits per heavy atom. The number of benzene rings is 3. The molecule has 0 spiro atoms. The van der Waals surface area contributed by atoms with Crippen LogP contribution < -0.4 is 30.0 Å². The van der Waals surface area contributed by atoms with Crippen LogP contribution in [0.2, 0.25) is 0 Å². The second kappa shape index (κ2) is 11.5. The molecule has 35 heavy (non-hydrogen) atoms. The number of rotatable bonds is 9. The van der Waals surface area contributed by atoms with Crippen LogP contribution in [-0.4, -0.2) is 39.5 Å². The van der Waals surface area contributed by atoms with Crippen LogP contribution in [0.15, 0.2) is 54.6 Å². The minimum atomic E-state index is -0.404. The van der Waals surface area contributed by atoms with E-state index in [2.05, 4.69) is 5.32 Å². The van der Waals surface area contributed by atoms with E-state index >= 15 is 0 Å². The fraction of sp³-hybridized carbons (Fsp3) is 0.148. The summed E-state index contributed by atoms with van der Waals surface area (Å²) in [5, 5.41) is 13.1. The number of carbonyl (C=O) groups excluding carboxylic acids is 1. The summed E-state index contributed by atoms with van der Waals surface area (Å²) in [4.78, 5) is 12.7. The molecule has 0 aliphatic rings. The number of phenols is 1. The monoisotopic (exact) mass is 476 g/mol. The van der Waals surface area contributed by atoms with Crippen LogP contribution in [0.5, 0.6) is 28.7 Å². The minimum Gasteiger partial charge on any atom is -0.504 e. The minimum absolute atomic E-state index is 0.104. The Bertz CT molecular complexity index is 1240. The fourth-order valence-electron chi connectivity index (χ4n) is 3.44. The van der Waals surface area contributed by atoms with Gasteiger partial charge in [-0.15, -0.1) is 0 Å². The molecule has 0 fully saturated rings. The molecule has 3 aromatic carbocycles. The van der Waals surface area contributed by atoms with Crippen LogP contribution >= 0.6 is 0 Å². The lowest BCUT2D eigenvalue weighted by Gasteiger charge is -2.14. The van der Waals surface area contributed by atoms with Crippen LogP contribution in [0.3, 0.4) is 0 Å². The first-order valence-corrected chi connectivity index (χ1v) is 10.6. The van der Waals surface area contributed by atoms with Gasteiger partial charge >= 0.3 is 0 Å². The number of ether oxygens (including phenoxy) is 4. The Balaban J connectivity index is 1.94. The van der Waals surface area contributed by atoms with Gasteiger partial charge in [0.2, 0.25) is 11.7 Å². The number of aromatic hydroxyl groups is 1. The summed E-state index contributed by atoms with van der Waals surface area (Å²) in [7, 11) is 6.04. The van der Waals surface area contributed by atoms with E-state index in [1.165, 1.54) is 26.4 Å². The zero-order chi connectivity index (χ0) is 25.4. The van der Waals surface area contributed by atoms with Gasteiger partial charge in [-0.2, -0.15) is 0 Å². The lowest BCUT2D eigenvalue weighted by atomic mass is 10.1. The summed E-state index contributed by atoms with van der Waals surface area (Å²) >= 11 is 0. The number of nitrogen functional groups attached to an aromatic ring is 1. The van der Waals surface area contributed by atoms with Crippen molar-refractivity contribution in [2.45, 2.75) is 0 Å². The van der Waals surface area contributed by atoms with Gasteiger partial charge in [-0.25, -0.2) is 0 Å². The molecule has 0 saturated carbocycles. The number of carbonyl (C=O) groups is 1. The molecule has 0 unspecified atom stereocenters. The van der Waals surface area contributed by atoms with Gasteiger partial charge in [-0.3, -0.25) is 4.79 Å². The molecule has 0 atom stereocenters. The van der Waals surface area contributed by atoms with Crippen LogP contribution in [0.1, 0.15) is 16.7 Å². The van der Waals surface area contributed by atoms with Crippen molar-refractivity contribution in [3.05, 3.63) is 71.3 Å². The lowest BCUT2D eigenvalue weighted by molar-refractivity contribution is -0.111. The number of hydrogen-bond donors (Lipinski definition) is 3. The molecule has 0 bridgehead atoms. The van der Waals surface area contributed by atoms with Crippen molar-refractivity contribution in [1.29, 1.82) is 0 Å². The highest BCUT2D eigenvalue weighted by Crippen LogP contribution is 2.40. The Morgan fingerprint density at radius 2 is 1.51 bits per heavy atom. The second-order valence-electron chi connectivity index (χ2n) is 7.37. The van der Waals surface area contributed by atoms with E-state index in [9.17, 15) is 9.90 Å². The van der Waals surface area contributed by atoms with E-state index in [0.29, 0.717) is 34.2 Å². The highest BCUT2D eigenvalue weighted by atomic mass is 16.5. The first-order valence-electron chi connectivity index (χ1n) is 10.6. The molecule has 3 aromatic rings. The van der Waals surface area contributed by atoms with Crippen molar-refractivity contribution < 1.29 is 28.8 Å².